The SMILES string of the molecule is O=S(=O)(CC1CCOC1)N1CCC(c2nc(-c3ccccc3)cs2)CC1. The van der Waals surface area contributed by atoms with Crippen molar-refractivity contribution in [3.63, 3.8) is 0 Å². The van der Waals surface area contributed by atoms with Gasteiger partial charge in [-0.15, -0.1) is 11.3 Å². The van der Waals surface area contributed by atoms with Gasteiger partial charge in [0.25, 0.3) is 0 Å². The zero-order valence-corrected chi connectivity index (χ0v) is 16.3. The van der Waals surface area contributed by atoms with Crippen LogP contribution in [0.2, 0.25) is 0 Å². The average Bonchev–Trinajstić information content (AvgIpc) is 3.34. The largest absolute Gasteiger partial charge is 0.381 e. The Kier molecular flexibility index (Phi) is 5.40. The Labute approximate surface area is 159 Å². The Hall–Kier alpha value is -1.28. The molecule has 2 fully saturated rings. The van der Waals surface area contributed by atoms with Crippen LogP contribution in [-0.2, 0) is 14.8 Å². The lowest BCUT2D eigenvalue weighted by Gasteiger charge is -2.31. The van der Waals surface area contributed by atoms with Crippen LogP contribution >= 0.6 is 11.3 Å². The van der Waals surface area contributed by atoms with Crippen LogP contribution in [0.25, 0.3) is 11.3 Å². The first-order valence-electron chi connectivity index (χ1n) is 9.18. The molecule has 3 heterocycles. The second-order valence-electron chi connectivity index (χ2n) is 7.12. The quantitative estimate of drug-likeness (QED) is 0.783. The topological polar surface area (TPSA) is 59.5 Å². The first-order chi connectivity index (χ1) is 12.6. The Morgan fingerprint density at radius 2 is 1.92 bits per heavy atom. The van der Waals surface area contributed by atoms with Gasteiger partial charge in [-0.1, -0.05) is 30.3 Å². The summed E-state index contributed by atoms with van der Waals surface area (Å²) in [6, 6.07) is 10.2. The van der Waals surface area contributed by atoms with E-state index in [2.05, 4.69) is 17.5 Å². The number of aromatic nitrogens is 1. The van der Waals surface area contributed by atoms with Gasteiger partial charge in [-0.05, 0) is 25.2 Å². The van der Waals surface area contributed by atoms with Crippen molar-refractivity contribution >= 4 is 21.4 Å². The van der Waals surface area contributed by atoms with E-state index in [4.69, 9.17) is 9.72 Å². The van der Waals surface area contributed by atoms with Crippen LogP contribution in [0.4, 0.5) is 0 Å². The van der Waals surface area contributed by atoms with Crippen LogP contribution in [0.15, 0.2) is 35.7 Å². The van der Waals surface area contributed by atoms with Crippen molar-refractivity contribution in [3.05, 3.63) is 40.7 Å². The standard InChI is InChI=1S/C19H24N2O3S2/c22-26(23,14-15-8-11-24-12-15)21-9-6-17(7-10-21)19-20-18(13-25-19)16-4-2-1-3-5-16/h1-5,13,15,17H,6-12,14H2. The fraction of sp³-hybridized carbons (Fsp3) is 0.526. The van der Waals surface area contributed by atoms with E-state index in [9.17, 15) is 8.42 Å². The van der Waals surface area contributed by atoms with Gasteiger partial charge in [-0.2, -0.15) is 0 Å². The van der Waals surface area contributed by atoms with Gasteiger partial charge in [-0.3, -0.25) is 0 Å². The first kappa shape index (κ1) is 18.1. The molecule has 5 nitrogen and oxygen atoms in total. The lowest BCUT2D eigenvalue weighted by atomic mass is 9.99. The number of rotatable bonds is 5. The smallest absolute Gasteiger partial charge is 0.214 e. The fourth-order valence-corrected chi connectivity index (χ4v) is 6.55. The monoisotopic (exact) mass is 392 g/mol. The van der Waals surface area contributed by atoms with Crippen molar-refractivity contribution in [2.75, 3.05) is 32.1 Å². The highest BCUT2D eigenvalue weighted by molar-refractivity contribution is 7.89. The van der Waals surface area contributed by atoms with E-state index in [0.717, 1.165) is 35.5 Å². The van der Waals surface area contributed by atoms with E-state index >= 15 is 0 Å². The third-order valence-electron chi connectivity index (χ3n) is 5.26. The number of benzene rings is 1. The molecule has 0 saturated carbocycles. The maximum Gasteiger partial charge on any atom is 0.214 e. The molecule has 2 aromatic rings. The maximum absolute atomic E-state index is 12.6. The minimum atomic E-state index is -3.17. The molecular formula is C19H24N2O3S2. The lowest BCUT2D eigenvalue weighted by Crippen LogP contribution is -2.40. The second-order valence-corrected chi connectivity index (χ2v) is 10.0. The highest BCUT2D eigenvalue weighted by Crippen LogP contribution is 2.34. The van der Waals surface area contributed by atoms with E-state index < -0.39 is 10.0 Å². The molecule has 26 heavy (non-hydrogen) atoms. The molecule has 7 heteroatoms. The lowest BCUT2D eigenvalue weighted by molar-refractivity contribution is 0.188. The minimum Gasteiger partial charge on any atom is -0.381 e. The molecule has 0 bridgehead atoms. The maximum atomic E-state index is 12.6. The molecular weight excluding hydrogens is 368 g/mol. The molecule has 2 aliphatic heterocycles. The molecule has 0 radical (unpaired) electrons. The summed E-state index contributed by atoms with van der Waals surface area (Å²) in [6.45, 7) is 2.47. The number of hydrogen-bond donors (Lipinski definition) is 0. The highest BCUT2D eigenvalue weighted by Gasteiger charge is 2.32. The number of hydrogen-bond acceptors (Lipinski definition) is 5. The van der Waals surface area contributed by atoms with Gasteiger partial charge in [0.15, 0.2) is 0 Å². The van der Waals surface area contributed by atoms with E-state index in [1.165, 1.54) is 0 Å². The minimum absolute atomic E-state index is 0.158. The average molecular weight is 393 g/mol. The van der Waals surface area contributed by atoms with Gasteiger partial charge >= 0.3 is 0 Å². The Balaban J connectivity index is 1.37. The third kappa shape index (κ3) is 4.01. The van der Waals surface area contributed by atoms with Crippen LogP contribution in [-0.4, -0.2) is 49.8 Å². The molecule has 1 atom stereocenters. The van der Waals surface area contributed by atoms with Gasteiger partial charge in [0.2, 0.25) is 10.0 Å². The molecule has 1 unspecified atom stereocenters. The summed E-state index contributed by atoms with van der Waals surface area (Å²) in [7, 11) is -3.17. The van der Waals surface area contributed by atoms with Crippen molar-refractivity contribution in [2.24, 2.45) is 5.92 Å². The van der Waals surface area contributed by atoms with Gasteiger partial charge in [0.05, 0.1) is 23.1 Å². The highest BCUT2D eigenvalue weighted by atomic mass is 32.2. The zero-order valence-electron chi connectivity index (χ0n) is 14.7. The molecule has 0 N–H and O–H groups in total. The molecule has 4 rings (SSSR count). The Bertz CT molecular complexity index is 821. The van der Waals surface area contributed by atoms with Gasteiger partial charge < -0.3 is 4.74 Å². The van der Waals surface area contributed by atoms with Crippen LogP contribution in [0, 0.1) is 5.92 Å². The summed E-state index contributed by atoms with van der Waals surface area (Å²) in [5.74, 6) is 0.747. The summed E-state index contributed by atoms with van der Waals surface area (Å²) in [5, 5.41) is 3.23. The van der Waals surface area contributed by atoms with Crippen molar-refractivity contribution in [2.45, 2.75) is 25.2 Å². The zero-order chi connectivity index (χ0) is 18.0. The molecule has 1 aromatic carbocycles. The summed E-state index contributed by atoms with van der Waals surface area (Å²) in [4.78, 5) is 4.81. The molecule has 1 aromatic heterocycles. The number of nitrogens with zero attached hydrogens (tertiary/aromatic N) is 2. The third-order valence-corrected chi connectivity index (χ3v) is 8.31. The Morgan fingerprint density at radius 3 is 2.62 bits per heavy atom. The first-order valence-corrected chi connectivity index (χ1v) is 11.7. The fourth-order valence-electron chi connectivity index (χ4n) is 3.72. The molecule has 0 amide bonds. The van der Waals surface area contributed by atoms with Crippen molar-refractivity contribution in [1.82, 2.24) is 9.29 Å². The summed E-state index contributed by atoms with van der Waals surface area (Å²) < 4.78 is 32.3. The Morgan fingerprint density at radius 1 is 1.15 bits per heavy atom. The predicted molar refractivity (Wildman–Crippen MR) is 104 cm³/mol. The summed E-state index contributed by atoms with van der Waals surface area (Å²) >= 11 is 1.69. The molecule has 2 aliphatic rings. The number of ether oxygens (including phenoxy) is 1. The molecule has 140 valence electrons. The second kappa shape index (κ2) is 7.76. The van der Waals surface area contributed by atoms with Gasteiger partial charge in [0.1, 0.15) is 0 Å². The van der Waals surface area contributed by atoms with Crippen LogP contribution in [0.3, 0.4) is 0 Å². The summed E-state index contributed by atoms with van der Waals surface area (Å²) in [5.41, 5.74) is 2.15. The van der Waals surface area contributed by atoms with Crippen molar-refractivity contribution < 1.29 is 13.2 Å². The molecule has 0 aliphatic carbocycles. The van der Waals surface area contributed by atoms with Crippen LogP contribution < -0.4 is 0 Å². The van der Waals surface area contributed by atoms with Crippen molar-refractivity contribution in [1.29, 1.82) is 0 Å². The van der Waals surface area contributed by atoms with E-state index in [-0.39, 0.29) is 11.7 Å². The normalized spacial score (nSPS) is 22.7. The van der Waals surface area contributed by atoms with Gasteiger partial charge in [-0.25, -0.2) is 17.7 Å². The van der Waals surface area contributed by atoms with E-state index in [1.807, 2.05) is 18.2 Å². The van der Waals surface area contributed by atoms with Crippen LogP contribution in [0.1, 0.15) is 30.2 Å². The van der Waals surface area contributed by atoms with E-state index in [0.29, 0.717) is 32.2 Å². The number of sulfonamides is 1. The van der Waals surface area contributed by atoms with E-state index in [1.54, 1.807) is 15.6 Å². The summed E-state index contributed by atoms with van der Waals surface area (Å²) in [6.07, 6.45) is 2.56. The number of thiazole rings is 1. The predicted octanol–water partition coefficient (Wildman–Crippen LogP) is 3.36. The number of piperidine rings is 1. The molecule has 2 saturated heterocycles. The van der Waals surface area contributed by atoms with Crippen molar-refractivity contribution in [3.8, 4) is 11.3 Å². The van der Waals surface area contributed by atoms with Crippen LogP contribution in [0.5, 0.6) is 0 Å². The van der Waals surface area contributed by atoms with Gasteiger partial charge in [0, 0.05) is 36.6 Å². The molecule has 0 spiro atoms.